The number of hydrogen-bond donors (Lipinski definition) is 2. The van der Waals surface area contributed by atoms with Crippen molar-refractivity contribution in [3.63, 3.8) is 0 Å². The molecular weight excluding hydrogens is 316 g/mol. The summed E-state index contributed by atoms with van der Waals surface area (Å²) in [5.74, 6) is 0.146. The first-order valence-corrected chi connectivity index (χ1v) is 7.65. The number of amides is 3. The van der Waals surface area contributed by atoms with Gasteiger partial charge in [0.05, 0.1) is 0 Å². The maximum absolute atomic E-state index is 12.2. The van der Waals surface area contributed by atoms with Crippen LogP contribution in [0.2, 0.25) is 0 Å². The zero-order valence-electron chi connectivity index (χ0n) is 13.7. The van der Waals surface area contributed by atoms with E-state index in [0.29, 0.717) is 39.1 Å². The molecule has 6 nitrogen and oxygen atoms in total. The van der Waals surface area contributed by atoms with Crippen molar-refractivity contribution in [1.82, 2.24) is 15.1 Å². The fourth-order valence-electron chi connectivity index (χ4n) is 2.47. The maximum atomic E-state index is 12.2. The Balaban J connectivity index is 0.00000264. The van der Waals surface area contributed by atoms with Crippen molar-refractivity contribution >= 4 is 30.0 Å². The average molecular weight is 341 g/mol. The van der Waals surface area contributed by atoms with Crippen LogP contribution in [0.3, 0.4) is 0 Å². The number of hydrogen-bond acceptors (Lipinski definition) is 3. The molecule has 0 aromatic heterocycles. The molecule has 0 atom stereocenters. The van der Waals surface area contributed by atoms with E-state index in [1.807, 2.05) is 43.1 Å². The minimum Gasteiger partial charge on any atom is -0.339 e. The van der Waals surface area contributed by atoms with Gasteiger partial charge in [0.1, 0.15) is 0 Å². The van der Waals surface area contributed by atoms with Gasteiger partial charge >= 0.3 is 6.03 Å². The van der Waals surface area contributed by atoms with E-state index in [2.05, 4.69) is 10.6 Å². The third kappa shape index (κ3) is 5.73. The molecule has 0 saturated carbocycles. The van der Waals surface area contributed by atoms with Crippen molar-refractivity contribution in [2.75, 3.05) is 45.1 Å². The molecule has 1 aliphatic rings. The van der Waals surface area contributed by atoms with Gasteiger partial charge < -0.3 is 20.4 Å². The summed E-state index contributed by atoms with van der Waals surface area (Å²) in [4.78, 5) is 27.7. The zero-order chi connectivity index (χ0) is 15.9. The highest BCUT2D eigenvalue weighted by Crippen LogP contribution is 2.11. The van der Waals surface area contributed by atoms with Gasteiger partial charge in [0.15, 0.2) is 0 Å². The van der Waals surface area contributed by atoms with E-state index < -0.39 is 0 Å². The zero-order valence-corrected chi connectivity index (χ0v) is 14.5. The van der Waals surface area contributed by atoms with Crippen molar-refractivity contribution in [3.05, 3.63) is 29.8 Å². The predicted molar refractivity (Wildman–Crippen MR) is 94.1 cm³/mol. The third-order valence-electron chi connectivity index (χ3n) is 3.78. The average Bonchev–Trinajstić information content (AvgIpc) is 2.52. The predicted octanol–water partition coefficient (Wildman–Crippen LogP) is 1.70. The van der Waals surface area contributed by atoms with Crippen molar-refractivity contribution in [2.45, 2.75) is 13.3 Å². The molecule has 23 heavy (non-hydrogen) atoms. The monoisotopic (exact) mass is 340 g/mol. The second-order valence-electron chi connectivity index (χ2n) is 5.52. The Labute approximate surface area is 143 Å². The SMILES string of the molecule is CNCCC(=O)N1CCN(C(=O)Nc2cccc(C)c2)CC1.Cl. The number of anilines is 1. The lowest BCUT2D eigenvalue weighted by atomic mass is 10.2. The van der Waals surface area contributed by atoms with Crippen LogP contribution in [0.25, 0.3) is 0 Å². The topological polar surface area (TPSA) is 64.7 Å². The highest BCUT2D eigenvalue weighted by atomic mass is 35.5. The van der Waals surface area contributed by atoms with E-state index in [4.69, 9.17) is 0 Å². The summed E-state index contributed by atoms with van der Waals surface area (Å²) in [6, 6.07) is 7.62. The van der Waals surface area contributed by atoms with Crippen molar-refractivity contribution in [2.24, 2.45) is 0 Å². The molecule has 0 bridgehead atoms. The minimum atomic E-state index is -0.104. The van der Waals surface area contributed by atoms with Crippen molar-refractivity contribution in [3.8, 4) is 0 Å². The first-order chi connectivity index (χ1) is 10.6. The number of nitrogens with zero attached hydrogens (tertiary/aromatic N) is 2. The molecule has 128 valence electrons. The first kappa shape index (κ1) is 19.3. The lowest BCUT2D eigenvalue weighted by molar-refractivity contribution is -0.132. The van der Waals surface area contributed by atoms with Gasteiger partial charge in [-0.3, -0.25) is 4.79 Å². The molecule has 0 aliphatic carbocycles. The van der Waals surface area contributed by atoms with Crippen LogP contribution < -0.4 is 10.6 Å². The molecule has 7 heteroatoms. The number of carbonyl (C=O) groups excluding carboxylic acids is 2. The molecule has 0 radical (unpaired) electrons. The van der Waals surface area contributed by atoms with E-state index in [9.17, 15) is 9.59 Å². The van der Waals surface area contributed by atoms with Crippen LogP contribution >= 0.6 is 12.4 Å². The number of urea groups is 1. The Hall–Kier alpha value is -1.79. The Morgan fingerprint density at radius 1 is 1.13 bits per heavy atom. The molecule has 1 saturated heterocycles. The second-order valence-corrected chi connectivity index (χ2v) is 5.52. The summed E-state index contributed by atoms with van der Waals surface area (Å²) in [6.07, 6.45) is 0.506. The summed E-state index contributed by atoms with van der Waals surface area (Å²) in [5, 5.41) is 5.88. The minimum absolute atomic E-state index is 0. The molecule has 1 aromatic carbocycles. The summed E-state index contributed by atoms with van der Waals surface area (Å²) >= 11 is 0. The maximum Gasteiger partial charge on any atom is 0.321 e. The normalized spacial score (nSPS) is 14.2. The quantitative estimate of drug-likeness (QED) is 0.877. The fourth-order valence-corrected chi connectivity index (χ4v) is 2.47. The van der Waals surface area contributed by atoms with E-state index in [1.165, 1.54) is 0 Å². The molecule has 2 N–H and O–H groups in total. The van der Waals surface area contributed by atoms with Gasteiger partial charge in [0, 0.05) is 44.8 Å². The van der Waals surface area contributed by atoms with Crippen LogP contribution in [-0.4, -0.2) is 61.5 Å². The Morgan fingerprint density at radius 3 is 2.39 bits per heavy atom. The number of piperazine rings is 1. The van der Waals surface area contributed by atoms with Gasteiger partial charge in [-0.1, -0.05) is 12.1 Å². The number of carbonyl (C=O) groups is 2. The lowest BCUT2D eigenvalue weighted by Gasteiger charge is -2.34. The smallest absolute Gasteiger partial charge is 0.321 e. The van der Waals surface area contributed by atoms with E-state index in [1.54, 1.807) is 4.90 Å². The molecule has 0 unspecified atom stereocenters. The van der Waals surface area contributed by atoms with Crippen LogP contribution in [0.15, 0.2) is 24.3 Å². The molecule has 1 fully saturated rings. The summed E-state index contributed by atoms with van der Waals surface area (Å²) in [6.45, 7) is 5.03. The number of benzene rings is 1. The summed E-state index contributed by atoms with van der Waals surface area (Å²) in [7, 11) is 1.83. The third-order valence-corrected chi connectivity index (χ3v) is 3.78. The van der Waals surface area contributed by atoms with Gasteiger partial charge in [0.2, 0.25) is 5.91 Å². The Kier molecular flexibility index (Phi) is 7.85. The second kappa shape index (κ2) is 9.37. The summed E-state index contributed by atoms with van der Waals surface area (Å²) in [5.41, 5.74) is 1.91. The molecule has 1 aromatic rings. The highest BCUT2D eigenvalue weighted by molar-refractivity contribution is 5.89. The molecule has 1 heterocycles. The Morgan fingerprint density at radius 2 is 1.78 bits per heavy atom. The summed E-state index contributed by atoms with van der Waals surface area (Å²) < 4.78 is 0. The Bertz CT molecular complexity index is 531. The van der Waals surface area contributed by atoms with Crippen molar-refractivity contribution in [1.29, 1.82) is 0 Å². The lowest BCUT2D eigenvalue weighted by Crippen LogP contribution is -2.51. The molecule has 3 amide bonds. The highest BCUT2D eigenvalue weighted by Gasteiger charge is 2.23. The number of halogens is 1. The van der Waals surface area contributed by atoms with Gasteiger partial charge in [-0.25, -0.2) is 4.79 Å². The van der Waals surface area contributed by atoms with E-state index in [-0.39, 0.29) is 24.3 Å². The number of nitrogens with one attached hydrogen (secondary N) is 2. The fraction of sp³-hybridized carbons (Fsp3) is 0.500. The van der Waals surface area contributed by atoms with Crippen molar-refractivity contribution < 1.29 is 9.59 Å². The molecule has 2 rings (SSSR count). The van der Waals surface area contributed by atoms with Crippen LogP contribution in [-0.2, 0) is 4.79 Å². The van der Waals surface area contributed by atoms with Crippen LogP contribution in [0.1, 0.15) is 12.0 Å². The van der Waals surface area contributed by atoms with Crippen LogP contribution in [0, 0.1) is 6.92 Å². The van der Waals surface area contributed by atoms with Crippen LogP contribution in [0.4, 0.5) is 10.5 Å². The number of aryl methyl sites for hydroxylation is 1. The molecule has 0 spiro atoms. The van der Waals surface area contributed by atoms with Gasteiger partial charge in [-0.15, -0.1) is 12.4 Å². The van der Waals surface area contributed by atoms with E-state index >= 15 is 0 Å². The van der Waals surface area contributed by atoms with Gasteiger partial charge in [0.25, 0.3) is 0 Å². The standard InChI is InChI=1S/C16H24N4O2.ClH/c1-13-4-3-5-14(12-13)18-16(22)20-10-8-19(9-11-20)15(21)6-7-17-2;/h3-5,12,17H,6-11H2,1-2H3,(H,18,22);1H. The van der Waals surface area contributed by atoms with Crippen LogP contribution in [0.5, 0.6) is 0 Å². The van der Waals surface area contributed by atoms with Gasteiger partial charge in [-0.2, -0.15) is 0 Å². The number of rotatable bonds is 4. The van der Waals surface area contributed by atoms with Gasteiger partial charge in [-0.05, 0) is 31.7 Å². The molecular formula is C16H25ClN4O2. The molecule has 1 aliphatic heterocycles. The van der Waals surface area contributed by atoms with E-state index in [0.717, 1.165) is 11.3 Å². The largest absolute Gasteiger partial charge is 0.339 e. The first-order valence-electron chi connectivity index (χ1n) is 7.65.